The molecular weight excluding hydrogens is 420 g/mol. The minimum atomic E-state index is -0.817. The standard InChI is InChI=1S/C24H23F2NO5/c1-30-20-8-13(9-21(31-2)24(20)32-3)12-6-18-23(19(28)7-12)16(11-22(29)27-18)15-10-14(25)4-5-17(15)26/h4-5,8-10,12,16H,6-7,11H2,1-3H3,(H,27,29). The molecule has 1 heterocycles. The molecule has 8 heteroatoms. The quantitative estimate of drug-likeness (QED) is 0.756. The van der Waals surface area contributed by atoms with Crippen molar-refractivity contribution in [1.82, 2.24) is 5.32 Å². The SMILES string of the molecule is COc1cc(C2CC(=O)C3=C(C2)NC(=O)CC3c2cc(F)ccc2F)cc(OC)c1OC. The third-order valence-corrected chi connectivity index (χ3v) is 6.03. The number of hydrogen-bond donors (Lipinski definition) is 1. The molecule has 6 nitrogen and oxygen atoms in total. The second-order valence-corrected chi connectivity index (χ2v) is 7.85. The Morgan fingerprint density at radius 3 is 2.22 bits per heavy atom. The van der Waals surface area contributed by atoms with Crippen LogP contribution in [0.25, 0.3) is 0 Å². The number of methoxy groups -OCH3 is 3. The van der Waals surface area contributed by atoms with Crippen LogP contribution in [0.2, 0.25) is 0 Å². The third kappa shape index (κ3) is 3.81. The monoisotopic (exact) mass is 443 g/mol. The number of rotatable bonds is 5. The second-order valence-electron chi connectivity index (χ2n) is 7.85. The highest BCUT2D eigenvalue weighted by Crippen LogP contribution is 2.46. The highest BCUT2D eigenvalue weighted by atomic mass is 19.1. The molecule has 2 aromatic rings. The molecule has 168 valence electrons. The van der Waals surface area contributed by atoms with E-state index in [2.05, 4.69) is 5.32 Å². The second kappa shape index (κ2) is 8.61. The molecule has 1 aliphatic carbocycles. The van der Waals surface area contributed by atoms with E-state index in [-0.39, 0.29) is 36.0 Å². The molecule has 1 N–H and O–H groups in total. The average Bonchev–Trinajstić information content (AvgIpc) is 2.78. The molecule has 2 atom stereocenters. The summed E-state index contributed by atoms with van der Waals surface area (Å²) in [5.74, 6) is -1.52. The topological polar surface area (TPSA) is 73.9 Å². The van der Waals surface area contributed by atoms with Gasteiger partial charge in [-0.3, -0.25) is 9.59 Å². The van der Waals surface area contributed by atoms with Crippen LogP contribution in [0.1, 0.15) is 42.2 Å². The van der Waals surface area contributed by atoms with Crippen molar-refractivity contribution < 1.29 is 32.6 Å². The van der Waals surface area contributed by atoms with Crippen molar-refractivity contribution in [3.05, 3.63) is 64.4 Å². The van der Waals surface area contributed by atoms with Crippen LogP contribution < -0.4 is 19.5 Å². The van der Waals surface area contributed by atoms with Gasteiger partial charge in [0.25, 0.3) is 0 Å². The Kier molecular flexibility index (Phi) is 5.86. The van der Waals surface area contributed by atoms with Crippen LogP contribution in [0, 0.1) is 11.6 Å². The summed E-state index contributed by atoms with van der Waals surface area (Å²) in [4.78, 5) is 25.6. The number of hydrogen-bond acceptors (Lipinski definition) is 5. The lowest BCUT2D eigenvalue weighted by Crippen LogP contribution is -2.38. The van der Waals surface area contributed by atoms with Gasteiger partial charge in [0, 0.05) is 30.0 Å². The largest absolute Gasteiger partial charge is 0.493 e. The van der Waals surface area contributed by atoms with Gasteiger partial charge < -0.3 is 19.5 Å². The van der Waals surface area contributed by atoms with Gasteiger partial charge in [-0.2, -0.15) is 0 Å². The van der Waals surface area contributed by atoms with E-state index in [0.717, 1.165) is 23.8 Å². The van der Waals surface area contributed by atoms with Crippen molar-refractivity contribution in [3.8, 4) is 17.2 Å². The van der Waals surface area contributed by atoms with Crippen molar-refractivity contribution in [2.24, 2.45) is 0 Å². The van der Waals surface area contributed by atoms with E-state index in [0.29, 0.717) is 34.9 Å². The summed E-state index contributed by atoms with van der Waals surface area (Å²) < 4.78 is 44.5. The first-order valence-corrected chi connectivity index (χ1v) is 10.2. The number of halogens is 2. The number of Topliss-reactive ketones (excluding diaryl/α,β-unsaturated/α-hetero) is 1. The molecule has 4 rings (SSSR count). The molecule has 0 spiro atoms. The van der Waals surface area contributed by atoms with E-state index < -0.39 is 17.6 Å². The Hall–Kier alpha value is -3.42. The number of amides is 1. The maximum absolute atomic E-state index is 14.5. The fourth-order valence-corrected chi connectivity index (χ4v) is 4.58. The molecule has 0 fully saturated rings. The Morgan fingerprint density at radius 2 is 1.59 bits per heavy atom. The average molecular weight is 443 g/mol. The summed E-state index contributed by atoms with van der Waals surface area (Å²) in [6.07, 6.45) is 0.402. The molecular formula is C24H23F2NO5. The smallest absolute Gasteiger partial charge is 0.225 e. The number of allylic oxidation sites excluding steroid dienone is 2. The molecule has 2 unspecified atom stereocenters. The van der Waals surface area contributed by atoms with Crippen LogP contribution >= 0.6 is 0 Å². The van der Waals surface area contributed by atoms with Gasteiger partial charge in [-0.1, -0.05) is 0 Å². The predicted octanol–water partition coefficient (Wildman–Crippen LogP) is 3.99. The zero-order valence-electron chi connectivity index (χ0n) is 18.0. The van der Waals surface area contributed by atoms with Crippen LogP contribution in [0.3, 0.4) is 0 Å². The minimum Gasteiger partial charge on any atom is -0.493 e. The first-order chi connectivity index (χ1) is 15.4. The maximum Gasteiger partial charge on any atom is 0.225 e. The first-order valence-electron chi connectivity index (χ1n) is 10.2. The summed E-state index contributed by atoms with van der Waals surface area (Å²) in [6, 6.07) is 6.64. The van der Waals surface area contributed by atoms with E-state index in [1.165, 1.54) is 21.3 Å². The third-order valence-electron chi connectivity index (χ3n) is 6.03. The summed E-state index contributed by atoms with van der Waals surface area (Å²) in [7, 11) is 4.52. The fourth-order valence-electron chi connectivity index (χ4n) is 4.58. The number of carbonyl (C=O) groups excluding carboxylic acids is 2. The van der Waals surface area contributed by atoms with Crippen molar-refractivity contribution in [3.63, 3.8) is 0 Å². The van der Waals surface area contributed by atoms with Gasteiger partial charge in [0.2, 0.25) is 11.7 Å². The van der Waals surface area contributed by atoms with Gasteiger partial charge in [-0.05, 0) is 53.8 Å². The number of benzene rings is 2. The molecule has 1 aliphatic heterocycles. The molecule has 2 aliphatic rings. The van der Waals surface area contributed by atoms with Crippen molar-refractivity contribution >= 4 is 11.7 Å². The van der Waals surface area contributed by atoms with Gasteiger partial charge >= 0.3 is 0 Å². The van der Waals surface area contributed by atoms with Crippen molar-refractivity contribution in [2.45, 2.75) is 31.1 Å². The van der Waals surface area contributed by atoms with E-state index >= 15 is 0 Å². The Balaban J connectivity index is 1.75. The highest BCUT2D eigenvalue weighted by molar-refractivity contribution is 6.02. The fraction of sp³-hybridized carbons (Fsp3) is 0.333. The Labute approximate surface area is 184 Å². The highest BCUT2D eigenvalue weighted by Gasteiger charge is 2.39. The zero-order chi connectivity index (χ0) is 23.0. The predicted molar refractivity (Wildman–Crippen MR) is 112 cm³/mol. The molecule has 0 saturated carbocycles. The van der Waals surface area contributed by atoms with Crippen LogP contribution in [0.4, 0.5) is 8.78 Å². The van der Waals surface area contributed by atoms with E-state index in [4.69, 9.17) is 14.2 Å². The van der Waals surface area contributed by atoms with Gasteiger partial charge in [-0.15, -0.1) is 0 Å². The van der Waals surface area contributed by atoms with Crippen LogP contribution in [0.5, 0.6) is 17.2 Å². The van der Waals surface area contributed by atoms with Crippen molar-refractivity contribution in [1.29, 1.82) is 0 Å². The number of ether oxygens (including phenoxy) is 3. The number of ketones is 1. The van der Waals surface area contributed by atoms with Gasteiger partial charge in [-0.25, -0.2) is 8.78 Å². The van der Waals surface area contributed by atoms with Gasteiger partial charge in [0.15, 0.2) is 17.3 Å². The maximum atomic E-state index is 14.5. The van der Waals surface area contributed by atoms with Crippen LogP contribution in [-0.2, 0) is 9.59 Å². The molecule has 0 bridgehead atoms. The Morgan fingerprint density at radius 1 is 0.906 bits per heavy atom. The lowest BCUT2D eigenvalue weighted by atomic mass is 9.73. The lowest BCUT2D eigenvalue weighted by Gasteiger charge is -2.34. The van der Waals surface area contributed by atoms with Crippen LogP contribution in [-0.4, -0.2) is 33.0 Å². The summed E-state index contributed by atoms with van der Waals surface area (Å²) in [5, 5.41) is 2.78. The van der Waals surface area contributed by atoms with Gasteiger partial charge in [0.1, 0.15) is 11.6 Å². The summed E-state index contributed by atoms with van der Waals surface area (Å²) in [6.45, 7) is 0. The number of carbonyl (C=O) groups is 2. The molecule has 2 aromatic carbocycles. The van der Waals surface area contributed by atoms with Crippen molar-refractivity contribution in [2.75, 3.05) is 21.3 Å². The molecule has 32 heavy (non-hydrogen) atoms. The molecule has 0 aromatic heterocycles. The molecule has 0 saturated heterocycles. The van der Waals surface area contributed by atoms with E-state index in [9.17, 15) is 18.4 Å². The summed E-state index contributed by atoms with van der Waals surface area (Å²) in [5.41, 5.74) is 1.60. The molecule has 0 radical (unpaired) electrons. The van der Waals surface area contributed by atoms with Crippen LogP contribution in [0.15, 0.2) is 41.6 Å². The lowest BCUT2D eigenvalue weighted by molar-refractivity contribution is -0.122. The minimum absolute atomic E-state index is 0.0203. The van der Waals surface area contributed by atoms with Gasteiger partial charge in [0.05, 0.1) is 21.3 Å². The Bertz CT molecular complexity index is 1100. The summed E-state index contributed by atoms with van der Waals surface area (Å²) >= 11 is 0. The first kappa shape index (κ1) is 21.8. The number of nitrogens with one attached hydrogen (secondary N) is 1. The zero-order valence-corrected chi connectivity index (χ0v) is 18.0. The normalized spacial score (nSPS) is 20.5. The van der Waals surface area contributed by atoms with E-state index in [1.54, 1.807) is 12.1 Å². The van der Waals surface area contributed by atoms with E-state index in [1.807, 2.05) is 0 Å². The molecule has 1 amide bonds.